The van der Waals surface area contributed by atoms with E-state index in [9.17, 15) is 9.59 Å². The van der Waals surface area contributed by atoms with Gasteiger partial charge in [-0.1, -0.05) is 12.1 Å². The number of carbonyl (C=O) groups excluding carboxylic acids is 2. The van der Waals surface area contributed by atoms with Gasteiger partial charge in [0.1, 0.15) is 5.82 Å². The van der Waals surface area contributed by atoms with Gasteiger partial charge in [-0.25, -0.2) is 9.78 Å². The van der Waals surface area contributed by atoms with Gasteiger partial charge in [0.2, 0.25) is 5.91 Å². The van der Waals surface area contributed by atoms with E-state index >= 15 is 0 Å². The first kappa shape index (κ1) is 14.8. The summed E-state index contributed by atoms with van der Waals surface area (Å²) >= 11 is 0. The number of aromatic amines is 1. The van der Waals surface area contributed by atoms with Crippen LogP contribution < -0.4 is 16.0 Å². The highest BCUT2D eigenvalue weighted by Crippen LogP contribution is 2.15. The molecule has 112 valence electrons. The van der Waals surface area contributed by atoms with Crippen LogP contribution in [0.1, 0.15) is 25.7 Å². The van der Waals surface area contributed by atoms with Crippen molar-refractivity contribution < 1.29 is 9.59 Å². The number of rotatable bonds is 5. The minimum absolute atomic E-state index is 0.118. The second kappa shape index (κ2) is 6.74. The molecule has 4 N–H and O–H groups in total. The van der Waals surface area contributed by atoms with Gasteiger partial charge in [-0.15, -0.1) is 0 Å². The Hall–Kier alpha value is -2.57. The molecule has 0 unspecified atom stereocenters. The molecule has 1 aromatic carbocycles. The highest BCUT2D eigenvalue weighted by molar-refractivity contribution is 5.76. The lowest BCUT2D eigenvalue weighted by Gasteiger charge is -2.12. The number of para-hydroxylation sites is 2. The monoisotopic (exact) mass is 289 g/mol. The Kier molecular flexibility index (Phi) is 4.76. The molecule has 21 heavy (non-hydrogen) atoms. The summed E-state index contributed by atoms with van der Waals surface area (Å²) in [6.07, 6.45) is 0. The molecule has 0 bridgehead atoms. The van der Waals surface area contributed by atoms with Crippen LogP contribution in [-0.2, 0) is 4.79 Å². The Balaban J connectivity index is 1.84. The number of nitrogens with one attached hydrogen (secondary N) is 4. The van der Waals surface area contributed by atoms with Gasteiger partial charge in [-0.2, -0.15) is 0 Å². The molecule has 0 fully saturated rings. The van der Waals surface area contributed by atoms with Crippen molar-refractivity contribution in [1.82, 2.24) is 25.9 Å². The quantitative estimate of drug-likeness (QED) is 0.619. The second-order valence-electron chi connectivity index (χ2n) is 4.74. The van der Waals surface area contributed by atoms with Crippen LogP contribution in [0.15, 0.2) is 24.3 Å². The molecule has 3 amide bonds. The number of hydrogen-bond donors (Lipinski definition) is 4. The minimum Gasteiger partial charge on any atom is -0.355 e. The largest absolute Gasteiger partial charge is 0.355 e. The highest BCUT2D eigenvalue weighted by atomic mass is 16.2. The van der Waals surface area contributed by atoms with Crippen LogP contribution in [0.3, 0.4) is 0 Å². The van der Waals surface area contributed by atoms with Crippen LogP contribution in [-0.4, -0.2) is 35.0 Å². The summed E-state index contributed by atoms with van der Waals surface area (Å²) in [5.41, 5.74) is 1.81. The first-order valence-electron chi connectivity index (χ1n) is 6.79. The van der Waals surface area contributed by atoms with Crippen LogP contribution in [0.4, 0.5) is 4.79 Å². The predicted octanol–water partition coefficient (Wildman–Crippen LogP) is 1.06. The summed E-state index contributed by atoms with van der Waals surface area (Å²) in [7, 11) is 0. The van der Waals surface area contributed by atoms with Crippen molar-refractivity contribution in [3.63, 3.8) is 0 Å². The van der Waals surface area contributed by atoms with E-state index in [-0.39, 0.29) is 18.0 Å². The molecule has 2 rings (SSSR count). The van der Waals surface area contributed by atoms with E-state index in [1.165, 1.54) is 6.92 Å². The lowest BCUT2D eigenvalue weighted by molar-refractivity contribution is -0.118. The minimum atomic E-state index is -0.298. The summed E-state index contributed by atoms with van der Waals surface area (Å²) in [4.78, 5) is 30.0. The summed E-state index contributed by atoms with van der Waals surface area (Å²) in [6, 6.07) is 7.16. The van der Waals surface area contributed by atoms with Crippen LogP contribution >= 0.6 is 0 Å². The zero-order chi connectivity index (χ0) is 15.2. The maximum Gasteiger partial charge on any atom is 0.315 e. The third kappa shape index (κ3) is 4.20. The maximum absolute atomic E-state index is 11.7. The number of H-pyrrole nitrogens is 1. The molecule has 0 saturated carbocycles. The first-order valence-corrected chi connectivity index (χ1v) is 6.79. The fraction of sp³-hybridized carbons (Fsp3) is 0.357. The van der Waals surface area contributed by atoms with E-state index < -0.39 is 0 Å². The predicted molar refractivity (Wildman–Crippen MR) is 79.7 cm³/mol. The average molecular weight is 289 g/mol. The van der Waals surface area contributed by atoms with Crippen molar-refractivity contribution in [3.05, 3.63) is 30.1 Å². The van der Waals surface area contributed by atoms with Crippen molar-refractivity contribution in [2.24, 2.45) is 0 Å². The average Bonchev–Trinajstić information content (AvgIpc) is 2.87. The third-order valence-electron chi connectivity index (χ3n) is 2.95. The van der Waals surface area contributed by atoms with Gasteiger partial charge >= 0.3 is 6.03 Å². The smallest absolute Gasteiger partial charge is 0.315 e. The molecular weight excluding hydrogens is 270 g/mol. The van der Waals surface area contributed by atoms with E-state index in [0.717, 1.165) is 11.0 Å². The van der Waals surface area contributed by atoms with E-state index in [0.29, 0.717) is 18.9 Å². The van der Waals surface area contributed by atoms with Crippen LogP contribution in [0.25, 0.3) is 11.0 Å². The van der Waals surface area contributed by atoms with E-state index in [1.54, 1.807) is 0 Å². The number of benzene rings is 1. The highest BCUT2D eigenvalue weighted by Gasteiger charge is 2.12. The topological polar surface area (TPSA) is 98.9 Å². The van der Waals surface area contributed by atoms with Crippen molar-refractivity contribution >= 4 is 23.0 Å². The number of carbonyl (C=O) groups is 2. The molecule has 0 saturated heterocycles. The van der Waals surface area contributed by atoms with Gasteiger partial charge in [0.05, 0.1) is 17.1 Å². The Labute approximate surface area is 122 Å². The molecule has 0 aliphatic carbocycles. The van der Waals surface area contributed by atoms with Gasteiger partial charge in [0.25, 0.3) is 0 Å². The molecule has 1 aromatic heterocycles. The zero-order valence-electron chi connectivity index (χ0n) is 12.1. The summed E-state index contributed by atoms with van der Waals surface area (Å²) in [5.74, 6) is 0.584. The Morgan fingerprint density at radius 3 is 2.67 bits per heavy atom. The number of amides is 3. The molecule has 7 heteroatoms. The van der Waals surface area contributed by atoms with Crippen molar-refractivity contribution in [2.45, 2.75) is 19.9 Å². The van der Waals surface area contributed by atoms with Crippen molar-refractivity contribution in [1.29, 1.82) is 0 Å². The number of hydrogen-bond acceptors (Lipinski definition) is 3. The van der Waals surface area contributed by atoms with Crippen molar-refractivity contribution in [3.8, 4) is 0 Å². The van der Waals surface area contributed by atoms with Gasteiger partial charge in [0.15, 0.2) is 0 Å². The third-order valence-corrected chi connectivity index (χ3v) is 2.95. The van der Waals surface area contributed by atoms with Gasteiger partial charge in [0, 0.05) is 20.0 Å². The fourth-order valence-electron chi connectivity index (χ4n) is 1.91. The number of imidazole rings is 1. The Morgan fingerprint density at radius 2 is 1.95 bits per heavy atom. The van der Waals surface area contributed by atoms with E-state index in [2.05, 4.69) is 25.9 Å². The summed E-state index contributed by atoms with van der Waals surface area (Å²) < 4.78 is 0. The summed E-state index contributed by atoms with van der Waals surface area (Å²) in [6.45, 7) is 4.06. The normalized spacial score (nSPS) is 11.9. The summed E-state index contributed by atoms with van der Waals surface area (Å²) in [5, 5.41) is 8.06. The number of nitrogens with zero attached hydrogens (tertiary/aromatic N) is 1. The van der Waals surface area contributed by atoms with E-state index in [1.807, 2.05) is 31.2 Å². The molecule has 7 nitrogen and oxygen atoms in total. The molecule has 0 spiro atoms. The lowest BCUT2D eigenvalue weighted by atomic mass is 10.3. The number of urea groups is 1. The fourth-order valence-corrected chi connectivity index (χ4v) is 1.91. The second-order valence-corrected chi connectivity index (χ2v) is 4.74. The standard InChI is InChI=1S/C14H19N5O2/c1-9(17-14(21)16-8-7-15-10(2)20)13-18-11-5-3-4-6-12(11)19-13/h3-6,9H,7-8H2,1-2H3,(H,15,20)(H,18,19)(H2,16,17,21)/t9-/m1/s1. The maximum atomic E-state index is 11.7. The Morgan fingerprint density at radius 1 is 1.24 bits per heavy atom. The van der Waals surface area contributed by atoms with E-state index in [4.69, 9.17) is 0 Å². The number of fused-ring (bicyclic) bond motifs is 1. The zero-order valence-corrected chi connectivity index (χ0v) is 12.1. The molecule has 0 aliphatic heterocycles. The molecule has 1 heterocycles. The first-order chi connectivity index (χ1) is 10.1. The molecule has 0 radical (unpaired) electrons. The molecular formula is C14H19N5O2. The van der Waals surface area contributed by atoms with Gasteiger partial charge in [-0.3, -0.25) is 4.79 Å². The van der Waals surface area contributed by atoms with Gasteiger partial charge in [-0.05, 0) is 19.1 Å². The van der Waals surface area contributed by atoms with Crippen LogP contribution in [0.5, 0.6) is 0 Å². The van der Waals surface area contributed by atoms with Gasteiger partial charge < -0.3 is 20.9 Å². The molecule has 1 atom stereocenters. The SMILES string of the molecule is CC(=O)NCCNC(=O)N[C@H](C)c1nc2ccccc2[nH]1. The van der Waals surface area contributed by atoms with Crippen molar-refractivity contribution in [2.75, 3.05) is 13.1 Å². The van der Waals surface area contributed by atoms with Crippen LogP contribution in [0, 0.1) is 0 Å². The van der Waals surface area contributed by atoms with Crippen LogP contribution in [0.2, 0.25) is 0 Å². The lowest BCUT2D eigenvalue weighted by Crippen LogP contribution is -2.41. The molecule has 0 aliphatic rings. The molecule has 2 aromatic rings. The number of aromatic nitrogens is 2. The Bertz CT molecular complexity index is 604.